The van der Waals surface area contributed by atoms with Crippen LogP contribution in [0.3, 0.4) is 0 Å². The fourth-order valence-electron chi connectivity index (χ4n) is 2.09. The topological polar surface area (TPSA) is 29.4 Å². The lowest BCUT2D eigenvalue weighted by molar-refractivity contribution is 0.676. The van der Waals surface area contributed by atoms with Gasteiger partial charge in [-0.3, -0.25) is 0 Å². The molecule has 0 aromatic heterocycles. The average molecular weight is 293 g/mol. The van der Waals surface area contributed by atoms with Crippen LogP contribution in [0, 0.1) is 0 Å². The van der Waals surface area contributed by atoms with Crippen LogP contribution in [-0.2, 0) is 9.73 Å². The van der Waals surface area contributed by atoms with E-state index in [1.54, 1.807) is 0 Å². The molecule has 0 radical (unpaired) electrons. The molecule has 0 N–H and O–H groups in total. The van der Waals surface area contributed by atoms with E-state index in [9.17, 15) is 4.21 Å². The van der Waals surface area contributed by atoms with Crippen LogP contribution in [0.15, 0.2) is 105 Å². The molecule has 3 aromatic rings. The van der Waals surface area contributed by atoms with Gasteiger partial charge in [-0.15, -0.1) is 0 Å². The van der Waals surface area contributed by atoms with Crippen LogP contribution in [0.2, 0.25) is 0 Å². The molecule has 0 bridgehead atoms. The van der Waals surface area contributed by atoms with Gasteiger partial charge in [0, 0.05) is 0 Å². The van der Waals surface area contributed by atoms with Gasteiger partial charge in [0.25, 0.3) is 0 Å². The van der Waals surface area contributed by atoms with E-state index in [1.165, 1.54) is 0 Å². The second-order valence-corrected chi connectivity index (χ2v) is 6.76. The highest BCUT2D eigenvalue weighted by Crippen LogP contribution is 2.27. The molecule has 0 aliphatic carbocycles. The Hall–Kier alpha value is -2.39. The highest BCUT2D eigenvalue weighted by molar-refractivity contribution is 7.93. The summed E-state index contributed by atoms with van der Waals surface area (Å²) in [5.74, 6) is 0. The highest BCUT2D eigenvalue weighted by Gasteiger charge is 2.15. The van der Waals surface area contributed by atoms with E-state index in [0.717, 1.165) is 15.5 Å². The summed E-state index contributed by atoms with van der Waals surface area (Å²) in [5, 5.41) is 0. The number of rotatable bonds is 3. The Morgan fingerprint density at radius 2 is 0.952 bits per heavy atom. The third-order valence-electron chi connectivity index (χ3n) is 3.12. The van der Waals surface area contributed by atoms with Gasteiger partial charge in [0.1, 0.15) is 9.73 Å². The predicted molar refractivity (Wildman–Crippen MR) is 86.1 cm³/mol. The molecule has 0 amide bonds. The third kappa shape index (κ3) is 2.88. The van der Waals surface area contributed by atoms with Crippen molar-refractivity contribution in [2.24, 2.45) is 4.36 Å². The summed E-state index contributed by atoms with van der Waals surface area (Å²) < 4.78 is 18.2. The summed E-state index contributed by atoms with van der Waals surface area (Å²) in [7, 11) is -2.67. The lowest BCUT2D eigenvalue weighted by Crippen LogP contribution is -2.01. The molecule has 3 heteroatoms. The van der Waals surface area contributed by atoms with Gasteiger partial charge in [0.15, 0.2) is 0 Å². The maximum absolute atomic E-state index is 13.6. The van der Waals surface area contributed by atoms with Crippen LogP contribution in [0.25, 0.3) is 0 Å². The van der Waals surface area contributed by atoms with Crippen LogP contribution >= 0.6 is 0 Å². The first-order valence-electron chi connectivity index (χ1n) is 6.71. The zero-order valence-corrected chi connectivity index (χ0v) is 12.2. The van der Waals surface area contributed by atoms with Gasteiger partial charge >= 0.3 is 0 Å². The summed E-state index contributed by atoms with van der Waals surface area (Å²) in [4.78, 5) is 1.44. The fraction of sp³-hybridized carbons (Fsp3) is 0. The van der Waals surface area contributed by atoms with Crippen molar-refractivity contribution in [2.45, 2.75) is 9.79 Å². The Labute approximate surface area is 125 Å². The first-order valence-corrected chi connectivity index (χ1v) is 8.23. The first kappa shape index (κ1) is 13.6. The van der Waals surface area contributed by atoms with Gasteiger partial charge in [-0.05, 0) is 36.4 Å². The zero-order valence-electron chi connectivity index (χ0n) is 11.4. The van der Waals surface area contributed by atoms with E-state index in [-0.39, 0.29) is 0 Å². The molecular formula is C18H15NOS. The molecule has 21 heavy (non-hydrogen) atoms. The first-order chi connectivity index (χ1) is 10.3. The molecule has 2 nitrogen and oxygen atoms in total. The molecule has 104 valence electrons. The predicted octanol–water partition coefficient (Wildman–Crippen LogP) is 4.90. The quantitative estimate of drug-likeness (QED) is 0.675. The molecule has 0 unspecified atom stereocenters. The largest absolute Gasteiger partial charge is 0.239 e. The van der Waals surface area contributed by atoms with Gasteiger partial charge in [-0.1, -0.05) is 54.6 Å². The van der Waals surface area contributed by atoms with Crippen LogP contribution in [0.4, 0.5) is 5.69 Å². The number of hydrogen-bond acceptors (Lipinski definition) is 2. The van der Waals surface area contributed by atoms with E-state index in [4.69, 9.17) is 0 Å². The smallest absolute Gasteiger partial charge is 0.109 e. The van der Waals surface area contributed by atoms with Crippen molar-refractivity contribution >= 4 is 15.4 Å². The van der Waals surface area contributed by atoms with Crippen molar-refractivity contribution in [3.8, 4) is 0 Å². The highest BCUT2D eigenvalue weighted by atomic mass is 32.2. The van der Waals surface area contributed by atoms with Crippen molar-refractivity contribution in [2.75, 3.05) is 0 Å². The second kappa shape index (κ2) is 5.94. The molecule has 0 saturated carbocycles. The average Bonchev–Trinajstić information content (AvgIpc) is 2.57. The zero-order chi connectivity index (χ0) is 14.5. The van der Waals surface area contributed by atoms with Crippen LogP contribution < -0.4 is 0 Å². The van der Waals surface area contributed by atoms with Crippen molar-refractivity contribution in [1.29, 1.82) is 0 Å². The Bertz CT molecular complexity index is 775. The monoisotopic (exact) mass is 293 g/mol. The lowest BCUT2D eigenvalue weighted by Gasteiger charge is -2.10. The van der Waals surface area contributed by atoms with Crippen molar-refractivity contribution in [3.63, 3.8) is 0 Å². The van der Waals surface area contributed by atoms with E-state index < -0.39 is 9.73 Å². The summed E-state index contributed by atoms with van der Waals surface area (Å²) in [6.45, 7) is 0. The lowest BCUT2D eigenvalue weighted by atomic mass is 10.3. The van der Waals surface area contributed by atoms with Crippen LogP contribution in [0.5, 0.6) is 0 Å². The van der Waals surface area contributed by atoms with Crippen molar-refractivity contribution in [1.82, 2.24) is 0 Å². The fourth-order valence-corrected chi connectivity index (χ4v) is 4.04. The Balaban J connectivity index is 2.27. The molecule has 0 heterocycles. The molecule has 3 aromatic carbocycles. The minimum atomic E-state index is -2.67. The molecule has 0 aliphatic rings. The van der Waals surface area contributed by atoms with Gasteiger partial charge < -0.3 is 0 Å². The second-order valence-electron chi connectivity index (χ2n) is 4.58. The molecular weight excluding hydrogens is 278 g/mol. The van der Waals surface area contributed by atoms with Gasteiger partial charge in [0.05, 0.1) is 15.5 Å². The Morgan fingerprint density at radius 3 is 1.38 bits per heavy atom. The number of benzene rings is 3. The SMILES string of the molecule is O=S(=Nc1ccccc1)(c1ccccc1)c1ccccc1. The summed E-state index contributed by atoms with van der Waals surface area (Å²) in [5.41, 5.74) is 0.718. The minimum Gasteiger partial charge on any atom is -0.239 e. The van der Waals surface area contributed by atoms with Crippen molar-refractivity contribution < 1.29 is 4.21 Å². The maximum Gasteiger partial charge on any atom is 0.109 e. The van der Waals surface area contributed by atoms with E-state index >= 15 is 0 Å². The van der Waals surface area contributed by atoms with Gasteiger partial charge in [0.2, 0.25) is 0 Å². The minimum absolute atomic E-state index is 0.718. The molecule has 0 saturated heterocycles. The number of hydrogen-bond donors (Lipinski definition) is 0. The third-order valence-corrected chi connectivity index (χ3v) is 5.41. The Kier molecular flexibility index (Phi) is 3.84. The van der Waals surface area contributed by atoms with E-state index in [0.29, 0.717) is 0 Å². The maximum atomic E-state index is 13.6. The molecule has 0 spiro atoms. The standard InChI is InChI=1S/C18H15NOS/c20-21(17-12-6-2-7-13-17,18-14-8-3-9-15-18)19-16-10-4-1-5-11-16/h1-15H. The van der Waals surface area contributed by atoms with Crippen molar-refractivity contribution in [3.05, 3.63) is 91.0 Å². The van der Waals surface area contributed by atoms with Gasteiger partial charge in [-0.2, -0.15) is 4.36 Å². The van der Waals surface area contributed by atoms with E-state index in [1.807, 2.05) is 91.0 Å². The van der Waals surface area contributed by atoms with Crippen LogP contribution in [-0.4, -0.2) is 4.21 Å². The van der Waals surface area contributed by atoms with Gasteiger partial charge in [-0.25, -0.2) is 4.21 Å². The van der Waals surface area contributed by atoms with E-state index in [2.05, 4.69) is 4.36 Å². The Morgan fingerprint density at radius 1 is 0.571 bits per heavy atom. The summed E-state index contributed by atoms with van der Waals surface area (Å²) in [6, 6.07) is 28.3. The number of nitrogens with zero attached hydrogens (tertiary/aromatic N) is 1. The molecule has 3 rings (SSSR count). The van der Waals surface area contributed by atoms with Crippen LogP contribution in [0.1, 0.15) is 0 Å². The molecule has 0 aliphatic heterocycles. The normalized spacial score (nSPS) is 11.0. The summed E-state index contributed by atoms with van der Waals surface area (Å²) in [6.07, 6.45) is 0. The molecule has 0 atom stereocenters. The molecule has 0 fully saturated rings. The summed E-state index contributed by atoms with van der Waals surface area (Å²) >= 11 is 0.